The van der Waals surface area contributed by atoms with Crippen LogP contribution in [0, 0.1) is 24.1 Å². The quantitative estimate of drug-likeness (QED) is 0.755. The second-order valence-corrected chi connectivity index (χ2v) is 3.35. The molecule has 2 nitrogen and oxygen atoms in total. The van der Waals surface area contributed by atoms with Gasteiger partial charge in [0.15, 0.2) is 0 Å². The van der Waals surface area contributed by atoms with E-state index in [-0.39, 0.29) is 5.82 Å². The van der Waals surface area contributed by atoms with Gasteiger partial charge in [-0.05, 0) is 30.2 Å². The number of nitrogens with one attached hydrogen (secondary N) is 1. The summed E-state index contributed by atoms with van der Waals surface area (Å²) in [7, 11) is 0. The zero-order valence-electron chi connectivity index (χ0n) is 8.21. The minimum atomic E-state index is -0.259. The lowest BCUT2D eigenvalue weighted by Gasteiger charge is -2.03. The number of aromatic nitrogens is 1. The van der Waals surface area contributed by atoms with Crippen molar-refractivity contribution in [3.05, 3.63) is 47.5 Å². The number of benzene rings is 1. The standard InChI is InChI=1S/C12H9FN2/c1-8-4-10(13)2-3-11(8)12-7-15-6-9(12)5-14/h2-4,6-7,15H,1H3. The molecule has 0 aliphatic rings. The largest absolute Gasteiger partial charge is 0.366 e. The van der Waals surface area contributed by atoms with E-state index in [0.29, 0.717) is 5.56 Å². The lowest BCUT2D eigenvalue weighted by atomic mass is 10.0. The number of aromatic amines is 1. The van der Waals surface area contributed by atoms with E-state index in [2.05, 4.69) is 11.1 Å². The molecule has 0 radical (unpaired) electrons. The maximum Gasteiger partial charge on any atom is 0.123 e. The van der Waals surface area contributed by atoms with Gasteiger partial charge in [0.2, 0.25) is 0 Å². The molecule has 3 heteroatoms. The van der Waals surface area contributed by atoms with Crippen molar-refractivity contribution in [3.63, 3.8) is 0 Å². The van der Waals surface area contributed by atoms with Gasteiger partial charge in [0.1, 0.15) is 11.9 Å². The highest BCUT2D eigenvalue weighted by atomic mass is 19.1. The van der Waals surface area contributed by atoms with Crippen molar-refractivity contribution >= 4 is 0 Å². The van der Waals surface area contributed by atoms with E-state index in [0.717, 1.165) is 16.7 Å². The highest BCUT2D eigenvalue weighted by Crippen LogP contribution is 2.26. The zero-order valence-corrected chi connectivity index (χ0v) is 8.21. The zero-order chi connectivity index (χ0) is 10.8. The van der Waals surface area contributed by atoms with E-state index in [1.165, 1.54) is 12.1 Å². The molecule has 0 saturated heterocycles. The van der Waals surface area contributed by atoms with Crippen LogP contribution < -0.4 is 0 Å². The van der Waals surface area contributed by atoms with E-state index < -0.39 is 0 Å². The first-order chi connectivity index (χ1) is 7.22. The summed E-state index contributed by atoms with van der Waals surface area (Å²) in [6.07, 6.45) is 3.39. The molecule has 0 bridgehead atoms. The Morgan fingerprint density at radius 2 is 2.07 bits per heavy atom. The summed E-state index contributed by atoms with van der Waals surface area (Å²) in [5.41, 5.74) is 3.10. The van der Waals surface area contributed by atoms with Crippen molar-refractivity contribution in [1.29, 1.82) is 5.26 Å². The molecule has 15 heavy (non-hydrogen) atoms. The first-order valence-corrected chi connectivity index (χ1v) is 4.56. The molecule has 0 atom stereocenters. The fourth-order valence-electron chi connectivity index (χ4n) is 1.61. The predicted molar refractivity (Wildman–Crippen MR) is 55.6 cm³/mol. The number of H-pyrrole nitrogens is 1. The molecular formula is C12H9FN2. The van der Waals surface area contributed by atoms with E-state index in [9.17, 15) is 4.39 Å². The molecule has 74 valence electrons. The Labute approximate surface area is 87.0 Å². The number of hydrogen-bond donors (Lipinski definition) is 1. The van der Waals surface area contributed by atoms with Gasteiger partial charge in [0.25, 0.3) is 0 Å². The molecule has 0 unspecified atom stereocenters. The number of nitriles is 1. The van der Waals surface area contributed by atoms with E-state index in [4.69, 9.17) is 5.26 Å². The summed E-state index contributed by atoms with van der Waals surface area (Å²) in [5.74, 6) is -0.259. The smallest absolute Gasteiger partial charge is 0.123 e. The van der Waals surface area contributed by atoms with Crippen LogP contribution in [0.5, 0.6) is 0 Å². The first kappa shape index (κ1) is 9.47. The average molecular weight is 200 g/mol. The van der Waals surface area contributed by atoms with Crippen LogP contribution in [0.2, 0.25) is 0 Å². The second kappa shape index (κ2) is 3.58. The van der Waals surface area contributed by atoms with Crippen molar-refractivity contribution in [2.75, 3.05) is 0 Å². The third kappa shape index (κ3) is 1.62. The van der Waals surface area contributed by atoms with Gasteiger partial charge in [-0.1, -0.05) is 6.07 Å². The monoisotopic (exact) mass is 200 g/mol. The number of aryl methyl sites for hydroxylation is 1. The van der Waals surface area contributed by atoms with Gasteiger partial charge in [-0.25, -0.2) is 4.39 Å². The van der Waals surface area contributed by atoms with Crippen molar-refractivity contribution in [2.24, 2.45) is 0 Å². The number of halogens is 1. The van der Waals surface area contributed by atoms with Gasteiger partial charge in [0.05, 0.1) is 5.56 Å². The Hall–Kier alpha value is -2.08. The van der Waals surface area contributed by atoms with E-state index in [1.807, 2.05) is 6.92 Å². The molecule has 0 amide bonds. The molecule has 0 saturated carbocycles. The fraction of sp³-hybridized carbons (Fsp3) is 0.0833. The second-order valence-electron chi connectivity index (χ2n) is 3.35. The summed E-state index contributed by atoms with van der Waals surface area (Å²) >= 11 is 0. The van der Waals surface area contributed by atoms with Gasteiger partial charge < -0.3 is 4.98 Å². The minimum absolute atomic E-state index is 0.259. The molecule has 1 aromatic heterocycles. The molecule has 2 aromatic rings. The molecule has 0 aliphatic carbocycles. The van der Waals surface area contributed by atoms with Crippen LogP contribution in [0.25, 0.3) is 11.1 Å². The Morgan fingerprint density at radius 1 is 1.27 bits per heavy atom. The van der Waals surface area contributed by atoms with Gasteiger partial charge in [0, 0.05) is 18.0 Å². The van der Waals surface area contributed by atoms with Crippen LogP contribution in [0.15, 0.2) is 30.6 Å². The number of rotatable bonds is 1. The third-order valence-corrected chi connectivity index (χ3v) is 2.34. The minimum Gasteiger partial charge on any atom is -0.366 e. The molecule has 0 aliphatic heterocycles. The van der Waals surface area contributed by atoms with Crippen molar-refractivity contribution in [2.45, 2.75) is 6.92 Å². The fourth-order valence-corrected chi connectivity index (χ4v) is 1.61. The summed E-state index contributed by atoms with van der Waals surface area (Å²) < 4.78 is 12.9. The summed E-state index contributed by atoms with van der Waals surface area (Å²) in [6, 6.07) is 6.64. The maximum absolute atomic E-state index is 12.9. The van der Waals surface area contributed by atoms with Crippen LogP contribution >= 0.6 is 0 Å². The molecule has 1 aromatic carbocycles. The SMILES string of the molecule is Cc1cc(F)ccc1-c1c[nH]cc1C#N. The van der Waals surface area contributed by atoms with Crippen molar-refractivity contribution in [1.82, 2.24) is 4.98 Å². The predicted octanol–water partition coefficient (Wildman–Crippen LogP) is 3.00. The number of nitrogens with zero attached hydrogens (tertiary/aromatic N) is 1. The Bertz CT molecular complexity index is 535. The topological polar surface area (TPSA) is 39.6 Å². The van der Waals surface area contributed by atoms with Gasteiger partial charge in [-0.15, -0.1) is 0 Å². The summed E-state index contributed by atoms with van der Waals surface area (Å²) in [5, 5.41) is 8.87. The Balaban J connectivity index is 2.60. The lowest BCUT2D eigenvalue weighted by molar-refractivity contribution is 0.627. The highest BCUT2D eigenvalue weighted by Gasteiger charge is 2.08. The van der Waals surface area contributed by atoms with Crippen molar-refractivity contribution < 1.29 is 4.39 Å². The van der Waals surface area contributed by atoms with E-state index in [1.54, 1.807) is 18.5 Å². The highest BCUT2D eigenvalue weighted by molar-refractivity contribution is 5.72. The Kier molecular flexibility index (Phi) is 2.26. The molecule has 0 spiro atoms. The van der Waals surface area contributed by atoms with Crippen LogP contribution in [0.1, 0.15) is 11.1 Å². The van der Waals surface area contributed by atoms with Crippen LogP contribution in [-0.2, 0) is 0 Å². The molecule has 1 N–H and O–H groups in total. The van der Waals surface area contributed by atoms with Gasteiger partial charge in [-0.2, -0.15) is 5.26 Å². The average Bonchev–Trinajstić information content (AvgIpc) is 2.65. The molecule has 2 rings (SSSR count). The van der Waals surface area contributed by atoms with Crippen LogP contribution in [0.4, 0.5) is 4.39 Å². The Morgan fingerprint density at radius 3 is 2.73 bits per heavy atom. The van der Waals surface area contributed by atoms with Crippen LogP contribution in [-0.4, -0.2) is 4.98 Å². The van der Waals surface area contributed by atoms with Crippen LogP contribution in [0.3, 0.4) is 0 Å². The van der Waals surface area contributed by atoms with Gasteiger partial charge in [-0.3, -0.25) is 0 Å². The third-order valence-electron chi connectivity index (χ3n) is 2.34. The van der Waals surface area contributed by atoms with Crippen molar-refractivity contribution in [3.8, 4) is 17.2 Å². The normalized spacial score (nSPS) is 9.93. The van der Waals surface area contributed by atoms with E-state index >= 15 is 0 Å². The summed E-state index contributed by atoms with van der Waals surface area (Å²) in [4.78, 5) is 2.87. The molecular weight excluding hydrogens is 191 g/mol. The lowest BCUT2D eigenvalue weighted by Crippen LogP contribution is -1.85. The summed E-state index contributed by atoms with van der Waals surface area (Å²) in [6.45, 7) is 1.83. The maximum atomic E-state index is 12.9. The first-order valence-electron chi connectivity index (χ1n) is 4.56. The molecule has 0 fully saturated rings. The molecule has 1 heterocycles. The van der Waals surface area contributed by atoms with Gasteiger partial charge >= 0.3 is 0 Å². The number of hydrogen-bond acceptors (Lipinski definition) is 1.